The summed E-state index contributed by atoms with van der Waals surface area (Å²) in [4.78, 5) is 4.16. The summed E-state index contributed by atoms with van der Waals surface area (Å²) in [5.74, 6) is 1.95. The normalized spacial score (nSPS) is 10.6. The Balaban J connectivity index is 2.11. The number of hydrogen-bond acceptors (Lipinski definition) is 2. The molecule has 0 N–H and O–H groups in total. The van der Waals surface area contributed by atoms with Gasteiger partial charge in [0, 0.05) is 16.7 Å². The third kappa shape index (κ3) is 3.30. The van der Waals surface area contributed by atoms with Crippen LogP contribution in [0.25, 0.3) is 0 Å². The maximum atomic E-state index is 5.64. The largest absolute Gasteiger partial charge is 0.439 e. The van der Waals surface area contributed by atoms with E-state index in [2.05, 4.69) is 46.9 Å². The van der Waals surface area contributed by atoms with Gasteiger partial charge in [-0.05, 0) is 45.6 Å². The Hall–Kier alpha value is -1.35. The summed E-state index contributed by atoms with van der Waals surface area (Å²) in [6.45, 7) is 4.35. The maximum absolute atomic E-state index is 5.64. The van der Waals surface area contributed by atoms with Crippen molar-refractivity contribution in [2.75, 3.05) is 0 Å². The lowest BCUT2D eigenvalue weighted by Crippen LogP contribution is -1.89. The summed E-state index contributed by atoms with van der Waals surface area (Å²) in [5.41, 5.74) is 1.31. The minimum absolute atomic E-state index is 0.537. The summed E-state index contributed by atoms with van der Waals surface area (Å²) in [5, 5.41) is 0. The molecule has 0 atom stereocenters. The highest BCUT2D eigenvalue weighted by Gasteiger charge is 2.01. The van der Waals surface area contributed by atoms with Gasteiger partial charge in [-0.25, -0.2) is 4.98 Å². The van der Waals surface area contributed by atoms with Crippen LogP contribution in [0.4, 0.5) is 0 Å². The number of nitrogens with zero attached hydrogens (tertiary/aromatic N) is 1. The highest BCUT2D eigenvalue weighted by atomic mass is 79.9. The zero-order valence-corrected chi connectivity index (χ0v) is 11.4. The van der Waals surface area contributed by atoms with E-state index < -0.39 is 0 Å². The van der Waals surface area contributed by atoms with E-state index in [-0.39, 0.29) is 0 Å². The fraction of sp³-hybridized carbons (Fsp3) is 0.214. The van der Waals surface area contributed by atoms with Crippen molar-refractivity contribution >= 4 is 15.9 Å². The molecule has 88 valence electrons. The summed E-state index contributed by atoms with van der Waals surface area (Å²) in [7, 11) is 0. The molecule has 0 aliphatic heterocycles. The molecule has 0 amide bonds. The van der Waals surface area contributed by atoms with Crippen molar-refractivity contribution in [2.45, 2.75) is 19.8 Å². The molecule has 0 unspecified atom stereocenters. The lowest BCUT2D eigenvalue weighted by atomic mass is 10.0. The van der Waals surface area contributed by atoms with Gasteiger partial charge in [-0.3, -0.25) is 0 Å². The fourth-order valence-corrected chi connectivity index (χ4v) is 1.70. The topological polar surface area (TPSA) is 22.1 Å². The molecule has 0 saturated heterocycles. The van der Waals surface area contributed by atoms with E-state index in [0.717, 1.165) is 10.2 Å². The molecule has 3 heteroatoms. The van der Waals surface area contributed by atoms with Crippen LogP contribution in [0, 0.1) is 0 Å². The first-order valence-electron chi connectivity index (χ1n) is 5.54. The predicted octanol–water partition coefficient (Wildman–Crippen LogP) is 4.76. The van der Waals surface area contributed by atoms with Gasteiger partial charge in [0.2, 0.25) is 5.88 Å². The average molecular weight is 292 g/mol. The van der Waals surface area contributed by atoms with Gasteiger partial charge in [0.1, 0.15) is 5.75 Å². The van der Waals surface area contributed by atoms with E-state index in [4.69, 9.17) is 4.74 Å². The second-order valence-corrected chi connectivity index (χ2v) is 5.06. The van der Waals surface area contributed by atoms with Crippen molar-refractivity contribution in [3.63, 3.8) is 0 Å². The quantitative estimate of drug-likeness (QED) is 0.813. The Labute approximate surface area is 110 Å². The summed E-state index contributed by atoms with van der Waals surface area (Å²) >= 11 is 3.34. The average Bonchev–Trinajstić information content (AvgIpc) is 2.33. The number of rotatable bonds is 3. The molecule has 1 heterocycles. The minimum atomic E-state index is 0.537. The second-order valence-electron chi connectivity index (χ2n) is 4.14. The van der Waals surface area contributed by atoms with Gasteiger partial charge in [0.05, 0.1) is 0 Å². The van der Waals surface area contributed by atoms with Gasteiger partial charge in [-0.2, -0.15) is 0 Å². The summed E-state index contributed by atoms with van der Waals surface area (Å²) < 4.78 is 6.58. The van der Waals surface area contributed by atoms with E-state index in [1.165, 1.54) is 5.56 Å². The first-order chi connectivity index (χ1) is 8.15. The van der Waals surface area contributed by atoms with Crippen molar-refractivity contribution < 1.29 is 4.74 Å². The maximum Gasteiger partial charge on any atom is 0.219 e. The van der Waals surface area contributed by atoms with E-state index in [0.29, 0.717) is 11.8 Å². The monoisotopic (exact) mass is 291 g/mol. The third-order valence-corrected chi connectivity index (χ3v) is 2.94. The first kappa shape index (κ1) is 12.1. The van der Waals surface area contributed by atoms with Gasteiger partial charge < -0.3 is 4.74 Å². The zero-order valence-electron chi connectivity index (χ0n) is 9.85. The molecule has 0 spiro atoms. The Morgan fingerprint density at radius 1 is 1.06 bits per heavy atom. The lowest BCUT2D eigenvalue weighted by molar-refractivity contribution is 0.462. The molecule has 1 aromatic heterocycles. The molecule has 0 saturated carbocycles. The van der Waals surface area contributed by atoms with E-state index >= 15 is 0 Å². The van der Waals surface area contributed by atoms with Crippen LogP contribution in [0.15, 0.2) is 47.1 Å². The van der Waals surface area contributed by atoms with Crippen LogP contribution in [-0.4, -0.2) is 4.98 Å². The van der Waals surface area contributed by atoms with Crippen LogP contribution in [0.2, 0.25) is 0 Å². The number of benzene rings is 1. The molecule has 2 rings (SSSR count). The van der Waals surface area contributed by atoms with Crippen molar-refractivity contribution in [3.05, 3.63) is 52.6 Å². The summed E-state index contributed by atoms with van der Waals surface area (Å²) in [6.07, 6.45) is 1.72. The van der Waals surface area contributed by atoms with Crippen molar-refractivity contribution in [3.8, 4) is 11.6 Å². The third-order valence-electron chi connectivity index (χ3n) is 2.47. The van der Waals surface area contributed by atoms with E-state index in [9.17, 15) is 0 Å². The molecule has 0 radical (unpaired) electrons. The van der Waals surface area contributed by atoms with Gasteiger partial charge in [-0.1, -0.05) is 26.0 Å². The van der Waals surface area contributed by atoms with Gasteiger partial charge in [0.15, 0.2) is 0 Å². The molecular formula is C14H14BrNO. The van der Waals surface area contributed by atoms with Gasteiger partial charge in [0.25, 0.3) is 0 Å². The van der Waals surface area contributed by atoms with Crippen molar-refractivity contribution in [1.29, 1.82) is 0 Å². The second kappa shape index (κ2) is 5.32. The lowest BCUT2D eigenvalue weighted by Gasteiger charge is -2.07. The van der Waals surface area contributed by atoms with Crippen LogP contribution in [-0.2, 0) is 0 Å². The van der Waals surface area contributed by atoms with E-state index in [1.807, 2.05) is 24.3 Å². The van der Waals surface area contributed by atoms with Gasteiger partial charge in [-0.15, -0.1) is 0 Å². The van der Waals surface area contributed by atoms with Crippen molar-refractivity contribution in [1.82, 2.24) is 4.98 Å². The van der Waals surface area contributed by atoms with Crippen LogP contribution >= 0.6 is 15.9 Å². The first-order valence-corrected chi connectivity index (χ1v) is 6.34. The molecule has 0 fully saturated rings. The zero-order chi connectivity index (χ0) is 12.3. The smallest absolute Gasteiger partial charge is 0.219 e. The predicted molar refractivity (Wildman–Crippen MR) is 72.5 cm³/mol. The molecule has 0 aliphatic rings. The number of aromatic nitrogens is 1. The molecule has 1 aromatic carbocycles. The number of pyridine rings is 1. The highest BCUT2D eigenvalue weighted by Crippen LogP contribution is 2.23. The molecular weight excluding hydrogens is 278 g/mol. The van der Waals surface area contributed by atoms with Gasteiger partial charge >= 0.3 is 0 Å². The number of ether oxygens (including phenoxy) is 1. The SMILES string of the molecule is CC(C)c1ccc(Oc2ccc(Br)cn2)cc1. The standard InChI is InChI=1S/C14H14BrNO/c1-10(2)11-3-6-13(7-4-11)17-14-8-5-12(15)9-16-14/h3-10H,1-2H3. The Morgan fingerprint density at radius 2 is 1.76 bits per heavy atom. The minimum Gasteiger partial charge on any atom is -0.439 e. The molecule has 0 aliphatic carbocycles. The molecule has 2 aromatic rings. The highest BCUT2D eigenvalue weighted by molar-refractivity contribution is 9.10. The Kier molecular flexibility index (Phi) is 3.79. The fourth-order valence-electron chi connectivity index (χ4n) is 1.46. The Morgan fingerprint density at radius 3 is 2.29 bits per heavy atom. The molecule has 2 nitrogen and oxygen atoms in total. The number of halogens is 1. The van der Waals surface area contributed by atoms with Crippen LogP contribution in [0.5, 0.6) is 11.6 Å². The van der Waals surface area contributed by atoms with Crippen LogP contribution in [0.1, 0.15) is 25.3 Å². The van der Waals surface area contributed by atoms with E-state index in [1.54, 1.807) is 6.20 Å². The molecule has 17 heavy (non-hydrogen) atoms. The number of hydrogen-bond donors (Lipinski definition) is 0. The van der Waals surface area contributed by atoms with Crippen LogP contribution in [0.3, 0.4) is 0 Å². The Bertz CT molecular complexity index is 477. The summed E-state index contributed by atoms with van der Waals surface area (Å²) in [6, 6.07) is 11.8. The van der Waals surface area contributed by atoms with Crippen molar-refractivity contribution in [2.24, 2.45) is 0 Å². The van der Waals surface area contributed by atoms with Crippen LogP contribution < -0.4 is 4.74 Å². The molecule has 0 bridgehead atoms.